The van der Waals surface area contributed by atoms with E-state index in [4.69, 9.17) is 17.0 Å². The molecule has 1 aliphatic carbocycles. The van der Waals surface area contributed by atoms with Crippen molar-refractivity contribution in [2.75, 3.05) is 6.61 Å². The number of ether oxygens (including phenoxy) is 1. The lowest BCUT2D eigenvalue weighted by Crippen LogP contribution is -2.22. The highest BCUT2D eigenvalue weighted by molar-refractivity contribution is 7.80. The molecule has 110 valence electrons. The molecule has 0 unspecified atom stereocenters. The summed E-state index contributed by atoms with van der Waals surface area (Å²) in [5.41, 5.74) is 2.32. The summed E-state index contributed by atoms with van der Waals surface area (Å²) in [7, 11) is 0. The van der Waals surface area contributed by atoms with Crippen LogP contribution in [0.3, 0.4) is 0 Å². The zero-order valence-corrected chi connectivity index (χ0v) is 13.2. The number of benzene rings is 1. The zero-order valence-electron chi connectivity index (χ0n) is 12.3. The van der Waals surface area contributed by atoms with E-state index in [2.05, 4.69) is 36.5 Å². The highest BCUT2D eigenvalue weighted by atomic mass is 32.1. The maximum Gasteiger partial charge on any atom is 0.119 e. The molecule has 0 fully saturated rings. The van der Waals surface area contributed by atoms with E-state index in [1.54, 1.807) is 0 Å². The standard InChI is InChI=1S/C18H21NOS/c1-2-13-20-17-11-9-15(10-12-17)14-18(21)19-16-7-5-3-4-6-8-16/h3-7,9-12H,2,8,13-14H2,1H3,(H,19,21). The first-order valence-corrected chi connectivity index (χ1v) is 7.72. The van der Waals surface area contributed by atoms with Crippen LogP contribution in [0.1, 0.15) is 25.3 Å². The SMILES string of the molecule is CCCOc1ccc(CC(=S)NC2=CC=CC=CC2)cc1. The van der Waals surface area contributed by atoms with Gasteiger partial charge in [-0.3, -0.25) is 0 Å². The third-order valence-electron chi connectivity index (χ3n) is 3.05. The van der Waals surface area contributed by atoms with Gasteiger partial charge in [0.15, 0.2) is 0 Å². The second-order valence-electron chi connectivity index (χ2n) is 4.93. The molecule has 0 amide bonds. The average Bonchev–Trinajstić information content (AvgIpc) is 2.75. The second kappa shape index (κ2) is 8.42. The van der Waals surface area contributed by atoms with E-state index in [0.29, 0.717) is 0 Å². The third-order valence-corrected chi connectivity index (χ3v) is 3.30. The Kier molecular flexibility index (Phi) is 6.22. The van der Waals surface area contributed by atoms with Crippen LogP contribution in [-0.4, -0.2) is 11.6 Å². The van der Waals surface area contributed by atoms with Gasteiger partial charge in [0, 0.05) is 18.5 Å². The first kappa shape index (κ1) is 15.5. The number of hydrogen-bond acceptors (Lipinski definition) is 2. The van der Waals surface area contributed by atoms with Crippen LogP contribution in [0.15, 0.2) is 60.3 Å². The third kappa shape index (κ3) is 5.56. The van der Waals surface area contributed by atoms with Gasteiger partial charge in [0.05, 0.1) is 11.6 Å². The fraction of sp³-hybridized carbons (Fsp3) is 0.278. The molecule has 0 aromatic heterocycles. The Bertz CT molecular complexity index is 555. The van der Waals surface area contributed by atoms with Gasteiger partial charge in [0.2, 0.25) is 0 Å². The molecule has 0 radical (unpaired) electrons. The second-order valence-corrected chi connectivity index (χ2v) is 5.42. The summed E-state index contributed by atoms with van der Waals surface area (Å²) in [6.07, 6.45) is 12.9. The topological polar surface area (TPSA) is 21.3 Å². The van der Waals surface area contributed by atoms with Gasteiger partial charge in [-0.05, 0) is 30.2 Å². The van der Waals surface area contributed by atoms with Gasteiger partial charge in [0.25, 0.3) is 0 Å². The molecule has 0 saturated carbocycles. The minimum absolute atomic E-state index is 0.744. The Hall–Kier alpha value is -1.87. The number of allylic oxidation sites excluding steroid dienone is 5. The smallest absolute Gasteiger partial charge is 0.119 e. The lowest BCUT2D eigenvalue weighted by Gasteiger charge is -2.10. The number of rotatable bonds is 6. The monoisotopic (exact) mass is 299 g/mol. The zero-order chi connectivity index (χ0) is 14.9. The fourth-order valence-corrected chi connectivity index (χ4v) is 2.30. The summed E-state index contributed by atoms with van der Waals surface area (Å²) in [6, 6.07) is 8.15. The normalized spacial score (nSPS) is 13.5. The molecule has 0 heterocycles. The van der Waals surface area contributed by atoms with Gasteiger partial charge in [-0.15, -0.1) is 0 Å². The van der Waals surface area contributed by atoms with E-state index < -0.39 is 0 Å². The van der Waals surface area contributed by atoms with Crippen molar-refractivity contribution < 1.29 is 4.74 Å². The summed E-state index contributed by atoms with van der Waals surface area (Å²) in [5, 5.41) is 3.32. The summed E-state index contributed by atoms with van der Waals surface area (Å²) >= 11 is 5.43. The lowest BCUT2D eigenvalue weighted by atomic mass is 10.1. The molecule has 1 aromatic rings. The van der Waals surface area contributed by atoms with Crippen LogP contribution >= 0.6 is 12.2 Å². The van der Waals surface area contributed by atoms with E-state index in [1.165, 1.54) is 5.56 Å². The molecule has 0 atom stereocenters. The molecular formula is C18H21NOS. The van der Waals surface area contributed by atoms with Gasteiger partial charge >= 0.3 is 0 Å². The highest BCUT2D eigenvalue weighted by Gasteiger charge is 2.03. The molecule has 1 aromatic carbocycles. The van der Waals surface area contributed by atoms with Crippen molar-refractivity contribution in [3.8, 4) is 5.75 Å². The van der Waals surface area contributed by atoms with Gasteiger partial charge in [-0.25, -0.2) is 0 Å². The van der Waals surface area contributed by atoms with Crippen LogP contribution in [0.2, 0.25) is 0 Å². The molecule has 21 heavy (non-hydrogen) atoms. The van der Waals surface area contributed by atoms with Gasteiger partial charge in [-0.2, -0.15) is 0 Å². The van der Waals surface area contributed by atoms with E-state index in [-0.39, 0.29) is 0 Å². The summed E-state index contributed by atoms with van der Waals surface area (Å²) in [4.78, 5) is 0.840. The molecular weight excluding hydrogens is 278 g/mol. The summed E-state index contributed by atoms with van der Waals surface area (Å²) in [6.45, 7) is 2.86. The molecule has 2 rings (SSSR count). The fourth-order valence-electron chi connectivity index (χ4n) is 2.00. The molecule has 0 bridgehead atoms. The Morgan fingerprint density at radius 3 is 2.76 bits per heavy atom. The number of thiocarbonyl (C=S) groups is 1. The van der Waals surface area contributed by atoms with Crippen LogP contribution in [0, 0.1) is 0 Å². The van der Waals surface area contributed by atoms with Crippen LogP contribution in [0.25, 0.3) is 0 Å². The van der Waals surface area contributed by atoms with Crippen molar-refractivity contribution in [2.45, 2.75) is 26.2 Å². The average molecular weight is 299 g/mol. The Morgan fingerprint density at radius 2 is 2.00 bits per heavy atom. The van der Waals surface area contributed by atoms with Crippen molar-refractivity contribution in [2.24, 2.45) is 0 Å². The molecule has 2 nitrogen and oxygen atoms in total. The molecule has 0 spiro atoms. The predicted octanol–water partition coefficient (Wildman–Crippen LogP) is 4.33. The van der Waals surface area contributed by atoms with Crippen LogP contribution in [-0.2, 0) is 6.42 Å². The minimum atomic E-state index is 0.744. The van der Waals surface area contributed by atoms with Crippen molar-refractivity contribution in [1.29, 1.82) is 0 Å². The molecule has 1 aliphatic rings. The predicted molar refractivity (Wildman–Crippen MR) is 92.6 cm³/mol. The minimum Gasteiger partial charge on any atom is -0.494 e. The number of hydrogen-bond donors (Lipinski definition) is 1. The van der Waals surface area contributed by atoms with Crippen LogP contribution in [0.4, 0.5) is 0 Å². The van der Waals surface area contributed by atoms with Gasteiger partial charge in [-0.1, -0.05) is 55.6 Å². The van der Waals surface area contributed by atoms with Crippen molar-refractivity contribution in [1.82, 2.24) is 5.32 Å². The summed E-state index contributed by atoms with van der Waals surface area (Å²) in [5.74, 6) is 0.918. The van der Waals surface area contributed by atoms with Crippen molar-refractivity contribution >= 4 is 17.2 Å². The molecule has 0 saturated heterocycles. The maximum atomic E-state index is 5.58. The van der Waals surface area contributed by atoms with Crippen molar-refractivity contribution in [3.05, 3.63) is 65.9 Å². The first-order chi connectivity index (χ1) is 10.3. The van der Waals surface area contributed by atoms with E-state index in [0.717, 1.165) is 42.3 Å². The number of nitrogens with one attached hydrogen (secondary N) is 1. The summed E-state index contributed by atoms with van der Waals surface area (Å²) < 4.78 is 5.58. The van der Waals surface area contributed by atoms with E-state index in [9.17, 15) is 0 Å². The lowest BCUT2D eigenvalue weighted by molar-refractivity contribution is 0.317. The van der Waals surface area contributed by atoms with E-state index >= 15 is 0 Å². The van der Waals surface area contributed by atoms with Gasteiger partial charge < -0.3 is 10.1 Å². The largest absolute Gasteiger partial charge is 0.494 e. The van der Waals surface area contributed by atoms with Crippen molar-refractivity contribution in [3.63, 3.8) is 0 Å². The first-order valence-electron chi connectivity index (χ1n) is 7.32. The molecule has 3 heteroatoms. The Labute approximate surface area is 132 Å². The Balaban J connectivity index is 1.86. The molecule has 0 aliphatic heterocycles. The Morgan fingerprint density at radius 1 is 1.19 bits per heavy atom. The van der Waals surface area contributed by atoms with Crippen LogP contribution < -0.4 is 10.1 Å². The molecule has 1 N–H and O–H groups in total. The van der Waals surface area contributed by atoms with Crippen LogP contribution in [0.5, 0.6) is 5.75 Å². The maximum absolute atomic E-state index is 5.58. The van der Waals surface area contributed by atoms with Gasteiger partial charge in [0.1, 0.15) is 5.75 Å². The highest BCUT2D eigenvalue weighted by Crippen LogP contribution is 2.13. The quantitative estimate of drug-likeness (QED) is 0.790. The van der Waals surface area contributed by atoms with E-state index in [1.807, 2.05) is 30.4 Å².